The van der Waals surface area contributed by atoms with Crippen LogP contribution in [0.3, 0.4) is 0 Å². The summed E-state index contributed by atoms with van der Waals surface area (Å²) in [6.07, 6.45) is 5.86. The fourth-order valence-electron chi connectivity index (χ4n) is 4.99. The van der Waals surface area contributed by atoms with Gasteiger partial charge in [0, 0.05) is 18.5 Å². The molecule has 21 heavy (non-hydrogen) atoms. The number of carbonyl (C=O) groups is 2. The number of amides is 2. The summed E-state index contributed by atoms with van der Waals surface area (Å²) in [4.78, 5) is 22.5. The second-order valence-electron chi connectivity index (χ2n) is 7.22. The first-order valence-electron chi connectivity index (χ1n) is 7.93. The van der Waals surface area contributed by atoms with Crippen molar-refractivity contribution in [2.45, 2.75) is 56.6 Å². The standard InChI is InChI=1S/C15H24N2O4/c18-12(13(19)20)1-2-16-14(21)17-15-6-9-3-10(7-15)5-11(4-9)8-15/h9-12,18H,1-8H2,(H,19,20)(H2,16,17,21). The van der Waals surface area contributed by atoms with Gasteiger partial charge in [0.05, 0.1) is 0 Å². The monoisotopic (exact) mass is 296 g/mol. The average Bonchev–Trinajstić information content (AvgIpc) is 2.35. The third-order valence-corrected chi connectivity index (χ3v) is 5.41. The Labute approximate surface area is 124 Å². The Bertz CT molecular complexity index is 402. The minimum atomic E-state index is -1.41. The molecule has 4 saturated carbocycles. The Morgan fingerprint density at radius 1 is 1.10 bits per heavy atom. The quantitative estimate of drug-likeness (QED) is 0.610. The minimum Gasteiger partial charge on any atom is -0.479 e. The molecule has 0 aromatic heterocycles. The molecule has 4 rings (SSSR count). The van der Waals surface area contributed by atoms with Crippen molar-refractivity contribution in [2.75, 3.05) is 6.54 Å². The van der Waals surface area contributed by atoms with Gasteiger partial charge in [0.15, 0.2) is 6.10 Å². The van der Waals surface area contributed by atoms with E-state index in [9.17, 15) is 14.7 Å². The molecule has 4 N–H and O–H groups in total. The lowest BCUT2D eigenvalue weighted by Gasteiger charge is -2.56. The molecule has 4 fully saturated rings. The maximum atomic E-state index is 12.0. The predicted octanol–water partition coefficient (Wildman–Crippen LogP) is 1.09. The van der Waals surface area contributed by atoms with Crippen LogP contribution >= 0.6 is 0 Å². The molecule has 0 aromatic rings. The number of hydrogen-bond acceptors (Lipinski definition) is 3. The van der Waals surface area contributed by atoms with Crippen molar-refractivity contribution in [1.82, 2.24) is 10.6 Å². The first kappa shape index (κ1) is 14.6. The summed E-state index contributed by atoms with van der Waals surface area (Å²) in [7, 11) is 0. The summed E-state index contributed by atoms with van der Waals surface area (Å²) in [5, 5.41) is 23.6. The number of aliphatic carboxylic acids is 1. The summed E-state index contributed by atoms with van der Waals surface area (Å²) >= 11 is 0. The van der Waals surface area contributed by atoms with E-state index in [2.05, 4.69) is 10.6 Å². The van der Waals surface area contributed by atoms with Gasteiger partial charge in [0.25, 0.3) is 0 Å². The Morgan fingerprint density at radius 2 is 1.62 bits per heavy atom. The van der Waals surface area contributed by atoms with E-state index in [-0.39, 0.29) is 24.5 Å². The molecule has 0 spiro atoms. The van der Waals surface area contributed by atoms with Gasteiger partial charge in [-0.15, -0.1) is 0 Å². The van der Waals surface area contributed by atoms with Gasteiger partial charge >= 0.3 is 12.0 Å². The molecule has 1 atom stereocenters. The number of nitrogens with one attached hydrogen (secondary N) is 2. The van der Waals surface area contributed by atoms with Crippen LogP contribution in [-0.4, -0.2) is 40.4 Å². The highest BCUT2D eigenvalue weighted by atomic mass is 16.4. The second-order valence-corrected chi connectivity index (χ2v) is 7.22. The third-order valence-electron chi connectivity index (χ3n) is 5.41. The van der Waals surface area contributed by atoms with Crippen LogP contribution < -0.4 is 10.6 Å². The Morgan fingerprint density at radius 3 is 2.10 bits per heavy atom. The summed E-state index contributed by atoms with van der Waals surface area (Å²) in [5.74, 6) is 1.06. The normalized spacial score (nSPS) is 38.0. The van der Waals surface area contributed by atoms with Gasteiger partial charge < -0.3 is 20.8 Å². The molecule has 2 amide bonds. The van der Waals surface area contributed by atoms with Crippen molar-refractivity contribution < 1.29 is 19.8 Å². The number of aliphatic hydroxyl groups excluding tert-OH is 1. The van der Waals surface area contributed by atoms with Gasteiger partial charge in [-0.25, -0.2) is 9.59 Å². The van der Waals surface area contributed by atoms with E-state index in [0.29, 0.717) is 0 Å². The fourth-order valence-corrected chi connectivity index (χ4v) is 4.99. The molecule has 6 nitrogen and oxygen atoms in total. The summed E-state index contributed by atoms with van der Waals surface area (Å²) in [5.41, 5.74) is -0.0375. The molecule has 6 heteroatoms. The number of carbonyl (C=O) groups excluding carboxylic acids is 1. The molecule has 0 radical (unpaired) electrons. The number of carboxylic acid groups (broad SMARTS) is 1. The largest absolute Gasteiger partial charge is 0.479 e. The SMILES string of the molecule is O=C(NCCC(O)C(=O)O)NC12CC3CC(CC(C3)C1)C2. The fraction of sp³-hybridized carbons (Fsp3) is 0.867. The Hall–Kier alpha value is -1.30. The number of aliphatic hydroxyl groups is 1. The highest BCUT2D eigenvalue weighted by Gasteiger charge is 2.51. The van der Waals surface area contributed by atoms with E-state index in [1.54, 1.807) is 0 Å². The molecule has 4 bridgehead atoms. The van der Waals surface area contributed by atoms with E-state index < -0.39 is 12.1 Å². The van der Waals surface area contributed by atoms with Crippen molar-refractivity contribution in [3.8, 4) is 0 Å². The lowest BCUT2D eigenvalue weighted by Crippen LogP contribution is -2.61. The summed E-state index contributed by atoms with van der Waals surface area (Å²) in [6.45, 7) is 0.172. The van der Waals surface area contributed by atoms with E-state index in [1.165, 1.54) is 19.3 Å². The molecule has 0 saturated heterocycles. The van der Waals surface area contributed by atoms with Gasteiger partial charge in [0.1, 0.15) is 0 Å². The third kappa shape index (κ3) is 3.15. The Balaban J connectivity index is 1.48. The first-order chi connectivity index (χ1) is 9.96. The average molecular weight is 296 g/mol. The number of urea groups is 1. The van der Waals surface area contributed by atoms with Gasteiger partial charge in [-0.3, -0.25) is 0 Å². The van der Waals surface area contributed by atoms with Crippen LogP contribution in [-0.2, 0) is 4.79 Å². The van der Waals surface area contributed by atoms with E-state index in [0.717, 1.165) is 37.0 Å². The highest BCUT2D eigenvalue weighted by molar-refractivity contribution is 5.75. The molecule has 1 unspecified atom stereocenters. The predicted molar refractivity (Wildman–Crippen MR) is 75.7 cm³/mol. The molecule has 0 aromatic carbocycles. The van der Waals surface area contributed by atoms with E-state index >= 15 is 0 Å². The van der Waals surface area contributed by atoms with Gasteiger partial charge in [-0.1, -0.05) is 0 Å². The first-order valence-corrected chi connectivity index (χ1v) is 7.93. The molecule has 0 heterocycles. The second kappa shape index (κ2) is 5.48. The van der Waals surface area contributed by atoms with Crippen LogP contribution in [0, 0.1) is 17.8 Å². The van der Waals surface area contributed by atoms with Crippen LogP contribution in [0.15, 0.2) is 0 Å². The zero-order valence-corrected chi connectivity index (χ0v) is 12.2. The van der Waals surface area contributed by atoms with Crippen LogP contribution in [0.2, 0.25) is 0 Å². The molecule has 118 valence electrons. The molecular weight excluding hydrogens is 272 g/mol. The lowest BCUT2D eigenvalue weighted by molar-refractivity contribution is -0.146. The zero-order chi connectivity index (χ0) is 15.0. The van der Waals surface area contributed by atoms with Gasteiger partial charge in [-0.2, -0.15) is 0 Å². The number of hydrogen-bond donors (Lipinski definition) is 4. The maximum absolute atomic E-state index is 12.0. The van der Waals surface area contributed by atoms with Crippen LogP contribution in [0.4, 0.5) is 4.79 Å². The van der Waals surface area contributed by atoms with E-state index in [4.69, 9.17) is 5.11 Å². The van der Waals surface area contributed by atoms with Crippen LogP contribution in [0.1, 0.15) is 44.9 Å². The molecule has 4 aliphatic rings. The topological polar surface area (TPSA) is 98.7 Å². The van der Waals surface area contributed by atoms with Crippen molar-refractivity contribution in [1.29, 1.82) is 0 Å². The van der Waals surface area contributed by atoms with Crippen LogP contribution in [0.25, 0.3) is 0 Å². The Kier molecular flexibility index (Phi) is 3.82. The molecule has 0 aliphatic heterocycles. The lowest BCUT2D eigenvalue weighted by atomic mass is 9.53. The van der Waals surface area contributed by atoms with Crippen molar-refractivity contribution in [3.63, 3.8) is 0 Å². The van der Waals surface area contributed by atoms with Crippen molar-refractivity contribution in [2.24, 2.45) is 17.8 Å². The van der Waals surface area contributed by atoms with Gasteiger partial charge in [0.2, 0.25) is 0 Å². The van der Waals surface area contributed by atoms with Crippen molar-refractivity contribution >= 4 is 12.0 Å². The highest BCUT2D eigenvalue weighted by Crippen LogP contribution is 2.55. The molecule has 4 aliphatic carbocycles. The van der Waals surface area contributed by atoms with E-state index in [1.807, 2.05) is 0 Å². The number of carboxylic acids is 1. The van der Waals surface area contributed by atoms with Crippen LogP contribution in [0.5, 0.6) is 0 Å². The zero-order valence-electron chi connectivity index (χ0n) is 12.2. The van der Waals surface area contributed by atoms with Crippen molar-refractivity contribution in [3.05, 3.63) is 0 Å². The minimum absolute atomic E-state index is 0.0314. The summed E-state index contributed by atoms with van der Waals surface area (Å²) < 4.78 is 0. The summed E-state index contributed by atoms with van der Waals surface area (Å²) in [6, 6.07) is -0.227. The number of rotatable bonds is 5. The maximum Gasteiger partial charge on any atom is 0.332 e. The molecular formula is C15H24N2O4. The van der Waals surface area contributed by atoms with Gasteiger partial charge in [-0.05, 0) is 56.3 Å². The smallest absolute Gasteiger partial charge is 0.332 e.